The summed E-state index contributed by atoms with van der Waals surface area (Å²) < 4.78 is 92.7. The van der Waals surface area contributed by atoms with Crippen molar-refractivity contribution in [1.29, 1.82) is 0 Å². The Labute approximate surface area is 183 Å². The lowest BCUT2D eigenvalue weighted by Crippen LogP contribution is -2.47. The molecule has 9 nitrogen and oxygen atoms in total. The summed E-state index contributed by atoms with van der Waals surface area (Å²) in [4.78, 5) is 13.6. The molecule has 1 aromatic heterocycles. The lowest BCUT2D eigenvalue weighted by Gasteiger charge is -2.33. The van der Waals surface area contributed by atoms with E-state index in [0.717, 1.165) is 0 Å². The molecule has 3 heterocycles. The summed E-state index contributed by atoms with van der Waals surface area (Å²) in [5.74, 6) is 0.136. The second-order valence-electron chi connectivity index (χ2n) is 8.30. The van der Waals surface area contributed by atoms with Gasteiger partial charge in [-0.25, -0.2) is 4.79 Å². The Balaban J connectivity index is 1.18. The fraction of sp³-hybridized carbons (Fsp3) is 0.833. The van der Waals surface area contributed by atoms with Crippen molar-refractivity contribution < 1.29 is 49.8 Å². The third-order valence-electron chi connectivity index (χ3n) is 5.81. The molecule has 0 bridgehead atoms. The number of alkyl halides is 6. The van der Waals surface area contributed by atoms with Crippen LogP contribution in [0.5, 0.6) is 0 Å². The topological polar surface area (TPSA) is 99.0 Å². The molecule has 1 N–H and O–H groups in total. The molecule has 2 saturated heterocycles. The molecule has 3 fully saturated rings. The number of rotatable bonds is 5. The molecular weight excluding hydrogens is 466 g/mol. The van der Waals surface area contributed by atoms with Gasteiger partial charge in [0.2, 0.25) is 11.8 Å². The number of hydrogen-bond acceptors (Lipinski definition) is 7. The van der Waals surface area contributed by atoms with E-state index in [1.165, 1.54) is 4.90 Å². The quantitative estimate of drug-likeness (QED) is 0.635. The summed E-state index contributed by atoms with van der Waals surface area (Å²) in [6.07, 6.45) is -10.6. The molecule has 0 spiro atoms. The number of urea groups is 1. The van der Waals surface area contributed by atoms with Crippen LogP contribution in [-0.4, -0.2) is 71.8 Å². The maximum atomic E-state index is 12.3. The van der Waals surface area contributed by atoms with Gasteiger partial charge in [-0.05, 0) is 32.1 Å². The molecule has 15 heteroatoms. The Hall–Kier alpha value is -2.13. The number of likely N-dealkylation sites (tertiary alicyclic amines) is 1. The lowest BCUT2D eigenvalue weighted by molar-refractivity contribution is -0.352. The van der Waals surface area contributed by atoms with E-state index in [2.05, 4.69) is 25.0 Å². The van der Waals surface area contributed by atoms with E-state index in [9.17, 15) is 31.1 Å². The minimum absolute atomic E-state index is 0.0970. The van der Waals surface area contributed by atoms with Crippen molar-refractivity contribution in [2.24, 2.45) is 0 Å². The maximum Gasteiger partial charge on any atom is 0.522 e. The van der Waals surface area contributed by atoms with E-state index in [-0.39, 0.29) is 62.7 Å². The molecule has 3 aliphatic rings. The van der Waals surface area contributed by atoms with Crippen LogP contribution >= 0.6 is 0 Å². The molecule has 1 unspecified atom stereocenters. The summed E-state index contributed by atoms with van der Waals surface area (Å²) in [6.45, 7) is 0.140. The average molecular weight is 488 g/mol. The number of hydrogen-bond donors (Lipinski definition) is 1. The lowest BCUT2D eigenvalue weighted by atomic mass is 9.82. The minimum Gasteiger partial charge on any atom is -0.422 e. The average Bonchev–Trinajstić information content (AvgIpc) is 3.33. The summed E-state index contributed by atoms with van der Waals surface area (Å²) >= 11 is 0. The van der Waals surface area contributed by atoms with Crippen LogP contribution < -0.4 is 5.32 Å². The van der Waals surface area contributed by atoms with E-state index < -0.39 is 37.1 Å². The molecule has 2 aliphatic heterocycles. The van der Waals surface area contributed by atoms with Gasteiger partial charge in [-0.15, -0.1) is 36.5 Å². The Kier molecular flexibility index (Phi) is 6.73. The smallest absolute Gasteiger partial charge is 0.422 e. The van der Waals surface area contributed by atoms with Gasteiger partial charge < -0.3 is 19.4 Å². The van der Waals surface area contributed by atoms with Crippen molar-refractivity contribution in [1.82, 2.24) is 20.4 Å². The first-order chi connectivity index (χ1) is 15.4. The molecule has 2 amide bonds. The van der Waals surface area contributed by atoms with Crippen molar-refractivity contribution in [2.75, 3.05) is 19.7 Å². The summed E-state index contributed by atoms with van der Waals surface area (Å²) in [7, 11) is 0. The van der Waals surface area contributed by atoms with Gasteiger partial charge in [-0.2, -0.15) is 0 Å². The number of aromatic nitrogens is 2. The second-order valence-corrected chi connectivity index (χ2v) is 8.30. The Morgan fingerprint density at radius 3 is 2.27 bits per heavy atom. The van der Waals surface area contributed by atoms with E-state index in [4.69, 9.17) is 9.15 Å². The number of carbonyl (C=O) groups is 1. The van der Waals surface area contributed by atoms with Crippen LogP contribution in [0.1, 0.15) is 55.9 Å². The third-order valence-corrected chi connectivity index (χ3v) is 5.81. The van der Waals surface area contributed by atoms with Gasteiger partial charge in [0.25, 0.3) is 0 Å². The number of nitrogens with zero attached hydrogens (tertiary/aromatic N) is 3. The van der Waals surface area contributed by atoms with E-state index in [1.54, 1.807) is 0 Å². The van der Waals surface area contributed by atoms with Gasteiger partial charge in [0.05, 0.1) is 24.9 Å². The molecule has 4 rings (SSSR count). The van der Waals surface area contributed by atoms with Crippen LogP contribution in [0.3, 0.4) is 0 Å². The maximum absolute atomic E-state index is 12.3. The largest absolute Gasteiger partial charge is 0.522 e. The van der Waals surface area contributed by atoms with E-state index in [1.807, 2.05) is 0 Å². The summed E-state index contributed by atoms with van der Waals surface area (Å²) in [5, 5.41) is 10.6. The number of halogens is 6. The number of amides is 2. The summed E-state index contributed by atoms with van der Waals surface area (Å²) in [5.41, 5.74) is 0. The zero-order valence-electron chi connectivity index (χ0n) is 17.2. The molecule has 1 aliphatic carbocycles. The highest BCUT2D eigenvalue weighted by molar-refractivity contribution is 5.74. The van der Waals surface area contributed by atoms with E-state index >= 15 is 0 Å². The SMILES string of the molecule is O=C(N[C@@H]1CC[C@@H](c2nnc(C3CC(OC(F)(F)F)C3)o2)OC1)N1CCC(OC(F)(F)F)C1. The molecule has 33 heavy (non-hydrogen) atoms. The van der Waals surface area contributed by atoms with E-state index in [0.29, 0.717) is 12.8 Å². The highest BCUT2D eigenvalue weighted by atomic mass is 19.4. The van der Waals surface area contributed by atoms with Gasteiger partial charge in [-0.1, -0.05) is 0 Å². The van der Waals surface area contributed by atoms with Crippen molar-refractivity contribution in [3.63, 3.8) is 0 Å². The fourth-order valence-electron chi connectivity index (χ4n) is 4.12. The summed E-state index contributed by atoms with van der Waals surface area (Å²) in [6, 6.07) is -0.832. The van der Waals surface area contributed by atoms with Gasteiger partial charge in [0.15, 0.2) is 0 Å². The van der Waals surface area contributed by atoms with Crippen molar-refractivity contribution in [3.8, 4) is 0 Å². The molecular formula is C18H22F6N4O5. The number of carbonyl (C=O) groups excluding carboxylic acids is 1. The zero-order chi connectivity index (χ0) is 23.8. The fourth-order valence-corrected chi connectivity index (χ4v) is 4.12. The molecule has 186 valence electrons. The van der Waals surface area contributed by atoms with Crippen molar-refractivity contribution in [3.05, 3.63) is 11.8 Å². The van der Waals surface area contributed by atoms with Crippen LogP contribution in [-0.2, 0) is 14.2 Å². The Bertz CT molecular complexity index is 820. The van der Waals surface area contributed by atoms with Crippen LogP contribution in [0.2, 0.25) is 0 Å². The van der Waals surface area contributed by atoms with Gasteiger partial charge >= 0.3 is 18.8 Å². The van der Waals surface area contributed by atoms with Crippen molar-refractivity contribution >= 4 is 6.03 Å². The third kappa shape index (κ3) is 6.47. The molecule has 0 aromatic carbocycles. The molecule has 1 aromatic rings. The first kappa shape index (κ1) is 24.0. The second kappa shape index (κ2) is 9.25. The Morgan fingerprint density at radius 1 is 0.970 bits per heavy atom. The van der Waals surface area contributed by atoms with Gasteiger partial charge in [0, 0.05) is 19.0 Å². The number of ether oxygens (including phenoxy) is 3. The van der Waals surface area contributed by atoms with Crippen molar-refractivity contribution in [2.45, 2.75) is 75.1 Å². The van der Waals surface area contributed by atoms with Gasteiger partial charge in [0.1, 0.15) is 6.10 Å². The molecule has 3 atom stereocenters. The zero-order valence-corrected chi connectivity index (χ0v) is 17.2. The Morgan fingerprint density at radius 2 is 1.64 bits per heavy atom. The standard InChI is InChI=1S/C18H22F6N4O5/c19-17(20,21)32-11-3-4-28(7-11)16(29)25-10-1-2-13(30-8-10)15-27-26-14(31-15)9-5-12(6-9)33-18(22,23)24/h9-13H,1-8H2,(H,25,29)/t9?,10-,11?,12?,13+/m1/s1. The normalized spacial score (nSPS) is 30.8. The molecule has 0 radical (unpaired) electrons. The first-order valence-corrected chi connectivity index (χ1v) is 10.4. The predicted molar refractivity (Wildman–Crippen MR) is 94.6 cm³/mol. The van der Waals surface area contributed by atoms with Crippen LogP contribution in [0.15, 0.2) is 4.42 Å². The molecule has 1 saturated carbocycles. The van der Waals surface area contributed by atoms with Crippen LogP contribution in [0, 0.1) is 0 Å². The first-order valence-electron chi connectivity index (χ1n) is 10.4. The highest BCUT2D eigenvalue weighted by Gasteiger charge is 2.43. The number of nitrogens with one attached hydrogen (secondary N) is 1. The van der Waals surface area contributed by atoms with Crippen LogP contribution in [0.25, 0.3) is 0 Å². The van der Waals surface area contributed by atoms with Crippen LogP contribution in [0.4, 0.5) is 31.1 Å². The monoisotopic (exact) mass is 488 g/mol. The highest BCUT2D eigenvalue weighted by Crippen LogP contribution is 2.41. The van der Waals surface area contributed by atoms with Gasteiger partial charge in [-0.3, -0.25) is 9.47 Å². The minimum atomic E-state index is -4.74. The predicted octanol–water partition coefficient (Wildman–Crippen LogP) is 3.39.